The average molecular weight is 217 g/mol. The van der Waals surface area contributed by atoms with Crippen LogP contribution in [-0.4, -0.2) is 12.6 Å². The Morgan fingerprint density at radius 1 is 1.19 bits per heavy atom. The second-order valence-corrected chi connectivity index (χ2v) is 4.84. The van der Waals surface area contributed by atoms with Crippen molar-refractivity contribution in [2.24, 2.45) is 0 Å². The largest absolute Gasteiger partial charge is 0.313 e. The van der Waals surface area contributed by atoms with E-state index in [1.54, 1.807) is 0 Å². The van der Waals surface area contributed by atoms with Gasteiger partial charge in [0.1, 0.15) is 0 Å². The summed E-state index contributed by atoms with van der Waals surface area (Å²) in [6.45, 7) is 3.51. The maximum atomic E-state index is 3.73. The minimum atomic E-state index is 0.690. The summed E-state index contributed by atoms with van der Waals surface area (Å²) < 4.78 is 0. The Bertz CT molecular complexity index is 286. The van der Waals surface area contributed by atoms with Gasteiger partial charge in [0.05, 0.1) is 0 Å². The van der Waals surface area contributed by atoms with E-state index in [-0.39, 0.29) is 0 Å². The van der Waals surface area contributed by atoms with E-state index in [9.17, 15) is 0 Å². The van der Waals surface area contributed by atoms with Gasteiger partial charge in [-0.1, -0.05) is 50.1 Å². The molecule has 1 aliphatic rings. The average Bonchev–Trinajstić information content (AvgIpc) is 2.61. The molecule has 2 rings (SSSR count). The molecule has 16 heavy (non-hydrogen) atoms. The van der Waals surface area contributed by atoms with Crippen molar-refractivity contribution in [2.75, 3.05) is 6.54 Å². The van der Waals surface area contributed by atoms with Gasteiger partial charge in [-0.15, -0.1) is 0 Å². The molecule has 0 bridgehead atoms. The summed E-state index contributed by atoms with van der Waals surface area (Å²) in [7, 11) is 0. The summed E-state index contributed by atoms with van der Waals surface area (Å²) >= 11 is 0. The highest BCUT2D eigenvalue weighted by atomic mass is 14.9. The zero-order chi connectivity index (χ0) is 11.2. The van der Waals surface area contributed by atoms with Crippen molar-refractivity contribution < 1.29 is 0 Å². The quantitative estimate of drug-likeness (QED) is 0.814. The maximum Gasteiger partial charge on any atom is 0.0136 e. The fraction of sp³-hybridized carbons (Fsp3) is 0.600. The molecule has 1 heteroatoms. The lowest BCUT2D eigenvalue weighted by Gasteiger charge is -2.26. The van der Waals surface area contributed by atoms with Crippen molar-refractivity contribution in [2.45, 2.75) is 51.0 Å². The van der Waals surface area contributed by atoms with Crippen LogP contribution in [0.25, 0.3) is 0 Å². The highest BCUT2D eigenvalue weighted by molar-refractivity contribution is 5.21. The minimum absolute atomic E-state index is 0.690. The van der Waals surface area contributed by atoms with E-state index in [4.69, 9.17) is 0 Å². The van der Waals surface area contributed by atoms with Gasteiger partial charge in [-0.2, -0.15) is 0 Å². The highest BCUT2D eigenvalue weighted by Gasteiger charge is 2.21. The van der Waals surface area contributed by atoms with Crippen LogP contribution >= 0.6 is 0 Å². The number of benzene rings is 1. The number of hydrogen-bond donors (Lipinski definition) is 1. The molecule has 1 saturated heterocycles. The van der Waals surface area contributed by atoms with Crippen LogP contribution in [0.2, 0.25) is 0 Å². The zero-order valence-electron chi connectivity index (χ0n) is 10.3. The Kier molecular flexibility index (Phi) is 4.41. The molecule has 0 amide bonds. The van der Waals surface area contributed by atoms with Gasteiger partial charge in [0, 0.05) is 6.04 Å². The van der Waals surface area contributed by atoms with Gasteiger partial charge in [0.15, 0.2) is 0 Å². The van der Waals surface area contributed by atoms with E-state index in [1.807, 2.05) is 0 Å². The van der Waals surface area contributed by atoms with E-state index < -0.39 is 0 Å². The molecule has 0 aliphatic carbocycles. The van der Waals surface area contributed by atoms with Gasteiger partial charge in [0.2, 0.25) is 0 Å². The number of nitrogens with one attached hydrogen (secondary N) is 1. The van der Waals surface area contributed by atoms with Crippen molar-refractivity contribution in [3.05, 3.63) is 35.9 Å². The smallest absolute Gasteiger partial charge is 0.0136 e. The lowest BCUT2D eigenvalue weighted by Crippen LogP contribution is -2.34. The van der Waals surface area contributed by atoms with Crippen molar-refractivity contribution in [3.8, 4) is 0 Å². The fourth-order valence-corrected chi connectivity index (χ4v) is 2.85. The third kappa shape index (κ3) is 2.85. The van der Waals surface area contributed by atoms with E-state index in [0.29, 0.717) is 12.0 Å². The lowest BCUT2D eigenvalue weighted by atomic mass is 9.87. The molecule has 1 aliphatic heterocycles. The molecule has 0 aromatic heterocycles. The molecule has 1 aromatic carbocycles. The first kappa shape index (κ1) is 11.7. The van der Waals surface area contributed by atoms with Gasteiger partial charge < -0.3 is 5.32 Å². The molecule has 1 fully saturated rings. The number of rotatable bonds is 3. The predicted molar refractivity (Wildman–Crippen MR) is 69.7 cm³/mol. The molecular formula is C15H23N. The van der Waals surface area contributed by atoms with Crippen LogP contribution in [0.5, 0.6) is 0 Å². The van der Waals surface area contributed by atoms with E-state index >= 15 is 0 Å². The molecule has 88 valence electrons. The molecule has 0 radical (unpaired) electrons. The lowest BCUT2D eigenvalue weighted by molar-refractivity contribution is 0.417. The van der Waals surface area contributed by atoms with Gasteiger partial charge in [-0.25, -0.2) is 0 Å². The molecule has 1 heterocycles. The third-order valence-corrected chi connectivity index (χ3v) is 3.75. The Morgan fingerprint density at radius 3 is 2.75 bits per heavy atom. The van der Waals surface area contributed by atoms with E-state index in [2.05, 4.69) is 42.6 Å². The molecule has 0 unspecified atom stereocenters. The SMILES string of the molecule is CC[C@@H](c1ccccc1)[C@H]1CCCCCN1. The fourth-order valence-electron chi connectivity index (χ4n) is 2.85. The van der Waals surface area contributed by atoms with Gasteiger partial charge in [-0.3, -0.25) is 0 Å². The van der Waals surface area contributed by atoms with Gasteiger partial charge in [-0.05, 0) is 37.3 Å². The Labute approximate surface area is 99.3 Å². The molecule has 2 atom stereocenters. The molecular weight excluding hydrogens is 194 g/mol. The van der Waals surface area contributed by atoms with Gasteiger partial charge in [0.25, 0.3) is 0 Å². The minimum Gasteiger partial charge on any atom is -0.313 e. The van der Waals surface area contributed by atoms with Crippen LogP contribution in [0.15, 0.2) is 30.3 Å². The molecule has 0 spiro atoms. The Morgan fingerprint density at radius 2 is 2.00 bits per heavy atom. The molecule has 1 aromatic rings. The van der Waals surface area contributed by atoms with E-state index in [0.717, 1.165) is 0 Å². The third-order valence-electron chi connectivity index (χ3n) is 3.75. The standard InChI is InChI=1S/C15H23N/c1-2-14(13-9-5-3-6-10-13)15-11-7-4-8-12-16-15/h3,5-6,9-10,14-16H,2,4,7-8,11-12H2,1H3/t14-,15+/m0/s1. The second kappa shape index (κ2) is 6.05. The van der Waals surface area contributed by atoms with Crippen molar-refractivity contribution in [3.63, 3.8) is 0 Å². The van der Waals surface area contributed by atoms with Crippen molar-refractivity contribution >= 4 is 0 Å². The van der Waals surface area contributed by atoms with Crippen LogP contribution in [0, 0.1) is 0 Å². The highest BCUT2D eigenvalue weighted by Crippen LogP contribution is 2.27. The van der Waals surface area contributed by atoms with Crippen LogP contribution in [0.4, 0.5) is 0 Å². The van der Waals surface area contributed by atoms with Crippen molar-refractivity contribution in [1.82, 2.24) is 5.32 Å². The first-order valence-corrected chi connectivity index (χ1v) is 6.70. The summed E-state index contributed by atoms with van der Waals surface area (Å²) in [5.74, 6) is 0.694. The monoisotopic (exact) mass is 217 g/mol. The normalized spacial score (nSPS) is 23.7. The Hall–Kier alpha value is -0.820. The summed E-state index contributed by atoms with van der Waals surface area (Å²) in [5, 5.41) is 3.73. The Balaban J connectivity index is 2.09. The summed E-state index contributed by atoms with van der Waals surface area (Å²) in [6, 6.07) is 11.7. The van der Waals surface area contributed by atoms with Crippen molar-refractivity contribution in [1.29, 1.82) is 0 Å². The van der Waals surface area contributed by atoms with Crippen LogP contribution in [-0.2, 0) is 0 Å². The molecule has 1 N–H and O–H groups in total. The first-order valence-electron chi connectivity index (χ1n) is 6.70. The maximum absolute atomic E-state index is 3.73. The summed E-state index contributed by atoms with van der Waals surface area (Å²) in [5.41, 5.74) is 1.50. The molecule has 0 saturated carbocycles. The molecule has 1 nitrogen and oxygen atoms in total. The van der Waals surface area contributed by atoms with E-state index in [1.165, 1.54) is 44.2 Å². The second-order valence-electron chi connectivity index (χ2n) is 4.84. The first-order chi connectivity index (χ1) is 7.92. The van der Waals surface area contributed by atoms with Gasteiger partial charge >= 0.3 is 0 Å². The topological polar surface area (TPSA) is 12.0 Å². The van der Waals surface area contributed by atoms with Crippen LogP contribution < -0.4 is 5.32 Å². The number of hydrogen-bond acceptors (Lipinski definition) is 1. The summed E-state index contributed by atoms with van der Waals surface area (Å²) in [4.78, 5) is 0. The summed E-state index contributed by atoms with van der Waals surface area (Å²) in [6.07, 6.45) is 6.71. The van der Waals surface area contributed by atoms with Crippen LogP contribution in [0.1, 0.15) is 50.5 Å². The van der Waals surface area contributed by atoms with Crippen LogP contribution in [0.3, 0.4) is 0 Å². The predicted octanol–water partition coefficient (Wildman–Crippen LogP) is 3.71. The zero-order valence-corrected chi connectivity index (χ0v) is 10.3.